The number of ether oxygens (including phenoxy) is 1. The third-order valence-electron chi connectivity index (χ3n) is 4.65. The molecular formula is C22H16FN3O5. The highest BCUT2D eigenvalue weighted by Crippen LogP contribution is 2.36. The number of aromatic hydroxyl groups is 1. The number of carbonyl (C=O) groups is 1. The molecule has 0 bridgehead atoms. The van der Waals surface area contributed by atoms with Crippen LogP contribution in [0.4, 0.5) is 10.1 Å². The van der Waals surface area contributed by atoms with E-state index in [0.717, 1.165) is 6.07 Å². The molecule has 1 aromatic heterocycles. The van der Waals surface area contributed by atoms with Gasteiger partial charge in [0.1, 0.15) is 11.4 Å². The van der Waals surface area contributed by atoms with Crippen LogP contribution in [0.5, 0.6) is 5.88 Å². The second kappa shape index (κ2) is 7.86. The summed E-state index contributed by atoms with van der Waals surface area (Å²) in [4.78, 5) is 43.6. The number of nitrogens with zero attached hydrogens (tertiary/aromatic N) is 2. The fourth-order valence-electron chi connectivity index (χ4n) is 3.28. The van der Waals surface area contributed by atoms with Gasteiger partial charge in [-0.1, -0.05) is 30.3 Å². The van der Waals surface area contributed by atoms with Gasteiger partial charge in [0.05, 0.1) is 18.0 Å². The van der Waals surface area contributed by atoms with Crippen LogP contribution in [-0.2, 0) is 9.53 Å². The second-order valence-corrected chi connectivity index (χ2v) is 6.54. The summed E-state index contributed by atoms with van der Waals surface area (Å²) in [5.74, 6) is -2.26. The number of aromatic amines is 1. The summed E-state index contributed by atoms with van der Waals surface area (Å²) in [6, 6.07) is 12.1. The van der Waals surface area contributed by atoms with Crippen molar-refractivity contribution in [2.45, 2.75) is 6.92 Å². The predicted octanol–water partition coefficient (Wildman–Crippen LogP) is 2.56. The normalized spacial score (nSPS) is 13.7. The van der Waals surface area contributed by atoms with Gasteiger partial charge < -0.3 is 9.84 Å². The van der Waals surface area contributed by atoms with Crippen LogP contribution in [-0.4, -0.2) is 32.9 Å². The Balaban J connectivity index is 1.96. The number of esters is 1. The van der Waals surface area contributed by atoms with Crippen molar-refractivity contribution in [3.05, 3.63) is 86.3 Å². The summed E-state index contributed by atoms with van der Waals surface area (Å²) in [6.07, 6.45) is 1.23. The number of hydrogen-bond acceptors (Lipinski definition) is 6. The van der Waals surface area contributed by atoms with Crippen molar-refractivity contribution in [1.29, 1.82) is 0 Å². The maximum atomic E-state index is 14.3. The molecule has 0 saturated heterocycles. The molecule has 1 aliphatic heterocycles. The number of fused-ring (bicyclic) bond motifs is 1. The van der Waals surface area contributed by atoms with Crippen LogP contribution >= 0.6 is 0 Å². The Morgan fingerprint density at radius 1 is 1.19 bits per heavy atom. The van der Waals surface area contributed by atoms with Gasteiger partial charge in [-0.3, -0.25) is 9.78 Å². The zero-order valence-electron chi connectivity index (χ0n) is 16.3. The molecular weight excluding hydrogens is 405 g/mol. The van der Waals surface area contributed by atoms with Gasteiger partial charge in [0.25, 0.3) is 5.56 Å². The highest BCUT2D eigenvalue weighted by Gasteiger charge is 2.28. The fraction of sp³-hybridized carbons (Fsp3) is 0.0909. The highest BCUT2D eigenvalue weighted by atomic mass is 19.1. The first-order valence-electron chi connectivity index (χ1n) is 9.32. The zero-order chi connectivity index (χ0) is 22.1. The van der Waals surface area contributed by atoms with Crippen LogP contribution in [0.2, 0.25) is 0 Å². The van der Waals surface area contributed by atoms with Crippen molar-refractivity contribution < 1.29 is 19.0 Å². The Morgan fingerprint density at radius 2 is 1.90 bits per heavy atom. The maximum absolute atomic E-state index is 14.3. The predicted molar refractivity (Wildman–Crippen MR) is 112 cm³/mol. The van der Waals surface area contributed by atoms with Gasteiger partial charge in [-0.05, 0) is 31.2 Å². The number of halogens is 1. The average molecular weight is 421 g/mol. The van der Waals surface area contributed by atoms with Gasteiger partial charge in [-0.25, -0.2) is 23.5 Å². The minimum absolute atomic E-state index is 0.0505. The fourth-order valence-corrected chi connectivity index (χ4v) is 3.28. The van der Waals surface area contributed by atoms with Crippen molar-refractivity contribution >= 4 is 29.0 Å². The summed E-state index contributed by atoms with van der Waals surface area (Å²) < 4.78 is 20.0. The van der Waals surface area contributed by atoms with E-state index >= 15 is 0 Å². The molecule has 0 unspecified atom stereocenters. The van der Waals surface area contributed by atoms with Gasteiger partial charge >= 0.3 is 11.7 Å². The van der Waals surface area contributed by atoms with Crippen molar-refractivity contribution in [2.24, 2.45) is 4.99 Å². The Hall–Kier alpha value is -4.27. The minimum Gasteiger partial charge on any atom is -0.494 e. The molecule has 2 heterocycles. The van der Waals surface area contributed by atoms with E-state index in [4.69, 9.17) is 4.74 Å². The molecule has 1 aliphatic rings. The first-order valence-corrected chi connectivity index (χ1v) is 9.32. The lowest BCUT2D eigenvalue weighted by Crippen LogP contribution is -2.31. The van der Waals surface area contributed by atoms with E-state index in [0.29, 0.717) is 15.8 Å². The topological polar surface area (TPSA) is 114 Å². The van der Waals surface area contributed by atoms with Crippen LogP contribution in [0, 0.1) is 5.82 Å². The van der Waals surface area contributed by atoms with E-state index < -0.39 is 28.9 Å². The number of H-pyrrole nitrogens is 1. The standard InChI is InChI=1S/C22H16FN3O5/c1-2-31-21(29)18-13(12-7-3-5-9-16(12)24-18)11-14-19(27)25-22(30)26(20(14)28)17-10-6-4-8-15(17)23/h3-11,28H,2H2,1H3,(H,25,27,30)/b13-11+. The van der Waals surface area contributed by atoms with Crippen LogP contribution < -0.4 is 11.2 Å². The van der Waals surface area contributed by atoms with E-state index in [-0.39, 0.29) is 29.1 Å². The van der Waals surface area contributed by atoms with Crippen molar-refractivity contribution in [1.82, 2.24) is 9.55 Å². The maximum Gasteiger partial charge on any atom is 0.357 e. The monoisotopic (exact) mass is 421 g/mol. The van der Waals surface area contributed by atoms with Gasteiger partial charge in [-0.2, -0.15) is 0 Å². The molecule has 0 radical (unpaired) electrons. The Bertz CT molecular complexity index is 1380. The number of carbonyl (C=O) groups excluding carboxylic acids is 1. The largest absolute Gasteiger partial charge is 0.494 e. The second-order valence-electron chi connectivity index (χ2n) is 6.54. The highest BCUT2D eigenvalue weighted by molar-refractivity contribution is 6.58. The summed E-state index contributed by atoms with van der Waals surface area (Å²) in [5, 5.41) is 10.7. The molecule has 2 aromatic carbocycles. The third kappa shape index (κ3) is 3.46. The van der Waals surface area contributed by atoms with E-state index in [1.807, 2.05) is 0 Å². The molecule has 9 heteroatoms. The van der Waals surface area contributed by atoms with Crippen molar-refractivity contribution in [3.63, 3.8) is 0 Å². The first kappa shape index (κ1) is 20.0. The van der Waals surface area contributed by atoms with Crippen LogP contribution in [0.15, 0.2) is 63.1 Å². The molecule has 0 spiro atoms. The number of aromatic nitrogens is 2. The quantitative estimate of drug-likeness (QED) is 0.629. The molecule has 0 aliphatic carbocycles. The van der Waals surface area contributed by atoms with E-state index in [2.05, 4.69) is 9.98 Å². The molecule has 2 N–H and O–H groups in total. The molecule has 0 atom stereocenters. The van der Waals surface area contributed by atoms with E-state index in [1.165, 1.54) is 24.3 Å². The lowest BCUT2D eigenvalue weighted by molar-refractivity contribution is -0.134. The number of benzene rings is 2. The lowest BCUT2D eigenvalue weighted by Gasteiger charge is -2.11. The molecule has 0 amide bonds. The molecule has 0 saturated carbocycles. The molecule has 4 rings (SSSR count). The summed E-state index contributed by atoms with van der Waals surface area (Å²) in [6.45, 7) is 1.76. The Morgan fingerprint density at radius 3 is 2.65 bits per heavy atom. The van der Waals surface area contributed by atoms with Crippen LogP contribution in [0.25, 0.3) is 17.3 Å². The average Bonchev–Trinajstić information content (AvgIpc) is 3.11. The van der Waals surface area contributed by atoms with E-state index in [1.54, 1.807) is 31.2 Å². The van der Waals surface area contributed by atoms with Gasteiger partial charge in [0.2, 0.25) is 5.88 Å². The number of aliphatic imine (C=N–C) groups is 1. The third-order valence-corrected chi connectivity index (χ3v) is 4.65. The minimum atomic E-state index is -1.01. The molecule has 3 aromatic rings. The van der Waals surface area contributed by atoms with Crippen LogP contribution in [0.1, 0.15) is 18.1 Å². The van der Waals surface area contributed by atoms with Crippen molar-refractivity contribution in [3.8, 4) is 11.6 Å². The van der Waals surface area contributed by atoms with Gasteiger partial charge in [0.15, 0.2) is 5.71 Å². The SMILES string of the molecule is CCOC(=O)C1=Nc2ccccc2/C1=C\c1c(O)n(-c2ccccc2F)c(=O)[nH]c1=O. The van der Waals surface area contributed by atoms with Gasteiger partial charge in [-0.15, -0.1) is 0 Å². The smallest absolute Gasteiger partial charge is 0.357 e. The number of para-hydroxylation sites is 2. The number of hydrogen-bond donors (Lipinski definition) is 2. The van der Waals surface area contributed by atoms with Gasteiger partial charge in [0, 0.05) is 11.1 Å². The first-order chi connectivity index (χ1) is 14.9. The number of rotatable bonds is 4. The Kier molecular flexibility index (Phi) is 5.08. The van der Waals surface area contributed by atoms with Crippen LogP contribution in [0.3, 0.4) is 0 Å². The van der Waals surface area contributed by atoms with E-state index in [9.17, 15) is 23.9 Å². The Labute approximate surface area is 174 Å². The molecule has 8 nitrogen and oxygen atoms in total. The molecule has 0 fully saturated rings. The van der Waals surface area contributed by atoms with Crippen molar-refractivity contribution in [2.75, 3.05) is 6.61 Å². The number of nitrogens with one attached hydrogen (secondary N) is 1. The lowest BCUT2D eigenvalue weighted by atomic mass is 10.0. The zero-order valence-corrected chi connectivity index (χ0v) is 16.3. The molecule has 156 valence electrons. The molecule has 31 heavy (non-hydrogen) atoms. The summed E-state index contributed by atoms with van der Waals surface area (Å²) in [7, 11) is 0. The summed E-state index contributed by atoms with van der Waals surface area (Å²) >= 11 is 0. The summed E-state index contributed by atoms with van der Waals surface area (Å²) in [5.41, 5.74) is -1.31.